The molecule has 26 heavy (non-hydrogen) atoms. The van der Waals surface area contributed by atoms with Gasteiger partial charge in [-0.3, -0.25) is 14.7 Å². The molecule has 1 aliphatic carbocycles. The molecular formula is C19H36N4O3. The van der Waals surface area contributed by atoms with Gasteiger partial charge in [-0.15, -0.1) is 0 Å². The Labute approximate surface area is 157 Å². The number of hydrogen-bond donors (Lipinski definition) is 2. The van der Waals surface area contributed by atoms with E-state index in [0.717, 1.165) is 32.8 Å². The lowest BCUT2D eigenvalue weighted by Gasteiger charge is -2.48. The van der Waals surface area contributed by atoms with Crippen molar-refractivity contribution in [2.45, 2.75) is 64.0 Å². The molecule has 0 unspecified atom stereocenters. The van der Waals surface area contributed by atoms with Gasteiger partial charge in [-0.05, 0) is 33.6 Å². The zero-order chi connectivity index (χ0) is 19.0. The highest BCUT2D eigenvalue weighted by molar-refractivity contribution is 5.84. The van der Waals surface area contributed by atoms with Crippen molar-refractivity contribution in [2.75, 3.05) is 46.4 Å². The van der Waals surface area contributed by atoms with Crippen molar-refractivity contribution in [3.05, 3.63) is 0 Å². The SMILES string of the molecule is CN=C(NCC(=O)OC(C)(C)C)NCC1(N2CCOCC2)CCCCC1. The van der Waals surface area contributed by atoms with Crippen LogP contribution in [0, 0.1) is 0 Å². The molecule has 0 aromatic heterocycles. The number of esters is 1. The maximum atomic E-state index is 11.9. The molecule has 2 rings (SSSR count). The second kappa shape index (κ2) is 9.55. The molecule has 2 fully saturated rings. The summed E-state index contributed by atoms with van der Waals surface area (Å²) in [7, 11) is 1.73. The van der Waals surface area contributed by atoms with Crippen molar-refractivity contribution < 1.29 is 14.3 Å². The van der Waals surface area contributed by atoms with Crippen LogP contribution in [0.4, 0.5) is 0 Å². The topological polar surface area (TPSA) is 75.2 Å². The number of hydrogen-bond acceptors (Lipinski definition) is 5. The molecule has 0 atom stereocenters. The summed E-state index contributed by atoms with van der Waals surface area (Å²) in [6, 6.07) is 0. The predicted molar refractivity (Wildman–Crippen MR) is 103 cm³/mol. The van der Waals surface area contributed by atoms with Crippen molar-refractivity contribution in [3.63, 3.8) is 0 Å². The summed E-state index contributed by atoms with van der Waals surface area (Å²) < 4.78 is 10.9. The third kappa shape index (κ3) is 6.43. The average molecular weight is 369 g/mol. The third-order valence-corrected chi connectivity index (χ3v) is 5.09. The first-order valence-corrected chi connectivity index (χ1v) is 9.84. The van der Waals surface area contributed by atoms with Gasteiger partial charge in [0.2, 0.25) is 0 Å². The standard InChI is InChI=1S/C19H36N4O3/c1-18(2,3)26-16(24)14-21-17(20-4)22-15-19(8-6-5-7-9-19)23-10-12-25-13-11-23/h5-15H2,1-4H3,(H2,20,21,22). The van der Waals surface area contributed by atoms with E-state index in [4.69, 9.17) is 9.47 Å². The van der Waals surface area contributed by atoms with E-state index in [2.05, 4.69) is 20.5 Å². The van der Waals surface area contributed by atoms with Crippen molar-refractivity contribution in [2.24, 2.45) is 4.99 Å². The van der Waals surface area contributed by atoms with Crippen molar-refractivity contribution in [3.8, 4) is 0 Å². The van der Waals surface area contributed by atoms with Gasteiger partial charge < -0.3 is 20.1 Å². The van der Waals surface area contributed by atoms with Gasteiger partial charge in [-0.2, -0.15) is 0 Å². The van der Waals surface area contributed by atoms with Gasteiger partial charge in [0.1, 0.15) is 12.1 Å². The first-order chi connectivity index (χ1) is 12.3. The molecule has 0 spiro atoms. The highest BCUT2D eigenvalue weighted by Crippen LogP contribution is 2.33. The summed E-state index contributed by atoms with van der Waals surface area (Å²) in [5.74, 6) is 0.370. The van der Waals surface area contributed by atoms with Crippen LogP contribution in [0.3, 0.4) is 0 Å². The van der Waals surface area contributed by atoms with E-state index in [0.29, 0.717) is 5.96 Å². The zero-order valence-corrected chi connectivity index (χ0v) is 16.9. The number of nitrogens with one attached hydrogen (secondary N) is 2. The first-order valence-electron chi connectivity index (χ1n) is 9.84. The van der Waals surface area contributed by atoms with Crippen LogP contribution in [-0.2, 0) is 14.3 Å². The van der Waals surface area contributed by atoms with Crippen molar-refractivity contribution in [1.29, 1.82) is 0 Å². The summed E-state index contributed by atoms with van der Waals surface area (Å²) in [4.78, 5) is 18.8. The van der Waals surface area contributed by atoms with Crippen LogP contribution < -0.4 is 10.6 Å². The molecule has 0 aromatic rings. The summed E-state index contributed by atoms with van der Waals surface area (Å²) in [5, 5.41) is 6.52. The average Bonchev–Trinajstić information content (AvgIpc) is 2.62. The van der Waals surface area contributed by atoms with Crippen LogP contribution in [-0.4, -0.2) is 74.4 Å². The second-order valence-electron chi connectivity index (χ2n) is 8.25. The highest BCUT2D eigenvalue weighted by Gasteiger charge is 2.38. The van der Waals surface area contributed by atoms with E-state index >= 15 is 0 Å². The number of aliphatic imine (C=N–C) groups is 1. The summed E-state index contributed by atoms with van der Waals surface area (Å²) in [5.41, 5.74) is -0.316. The van der Waals surface area contributed by atoms with Crippen molar-refractivity contribution in [1.82, 2.24) is 15.5 Å². The Hall–Kier alpha value is -1.34. The molecule has 1 saturated heterocycles. The van der Waals surface area contributed by atoms with Gasteiger partial charge in [0.15, 0.2) is 5.96 Å². The Morgan fingerprint density at radius 1 is 1.15 bits per heavy atom. The maximum absolute atomic E-state index is 11.9. The lowest BCUT2D eigenvalue weighted by molar-refractivity contribution is -0.153. The minimum Gasteiger partial charge on any atom is -0.459 e. The van der Waals surface area contributed by atoms with Gasteiger partial charge >= 0.3 is 5.97 Å². The molecule has 1 heterocycles. The van der Waals surface area contributed by atoms with E-state index in [1.165, 1.54) is 32.1 Å². The van der Waals surface area contributed by atoms with Crippen molar-refractivity contribution >= 4 is 11.9 Å². The van der Waals surface area contributed by atoms with Gasteiger partial charge in [-0.1, -0.05) is 19.3 Å². The molecule has 0 bridgehead atoms. The van der Waals surface area contributed by atoms with Gasteiger partial charge in [0, 0.05) is 32.2 Å². The Morgan fingerprint density at radius 3 is 2.38 bits per heavy atom. The molecule has 150 valence electrons. The monoisotopic (exact) mass is 368 g/mol. The van der Waals surface area contributed by atoms with Gasteiger partial charge in [0.25, 0.3) is 0 Å². The molecule has 1 saturated carbocycles. The number of morpholine rings is 1. The minimum atomic E-state index is -0.474. The van der Waals surface area contributed by atoms with E-state index in [1.54, 1.807) is 7.05 Å². The van der Waals surface area contributed by atoms with Crippen LogP contribution in [0.5, 0.6) is 0 Å². The molecule has 0 radical (unpaired) electrons. The lowest BCUT2D eigenvalue weighted by atomic mass is 9.80. The molecular weight excluding hydrogens is 332 g/mol. The lowest BCUT2D eigenvalue weighted by Crippen LogP contribution is -2.60. The maximum Gasteiger partial charge on any atom is 0.325 e. The van der Waals surface area contributed by atoms with Crippen LogP contribution in [0.1, 0.15) is 52.9 Å². The quantitative estimate of drug-likeness (QED) is 0.435. The van der Waals surface area contributed by atoms with Gasteiger partial charge in [-0.25, -0.2) is 0 Å². The largest absolute Gasteiger partial charge is 0.459 e. The zero-order valence-electron chi connectivity index (χ0n) is 16.9. The molecule has 7 nitrogen and oxygen atoms in total. The van der Waals surface area contributed by atoms with Crippen LogP contribution in [0.2, 0.25) is 0 Å². The highest BCUT2D eigenvalue weighted by atomic mass is 16.6. The minimum absolute atomic E-state index is 0.113. The van der Waals surface area contributed by atoms with Gasteiger partial charge in [0.05, 0.1) is 13.2 Å². The molecule has 2 N–H and O–H groups in total. The molecule has 0 amide bonds. The first kappa shape index (κ1) is 21.0. The number of carbonyl (C=O) groups is 1. The number of guanidine groups is 1. The Bertz CT molecular complexity index is 476. The predicted octanol–water partition coefficient (Wildman–Crippen LogP) is 1.53. The van der Waals surface area contributed by atoms with Crippen LogP contribution >= 0.6 is 0 Å². The molecule has 1 aliphatic heterocycles. The second-order valence-corrected chi connectivity index (χ2v) is 8.25. The number of carbonyl (C=O) groups excluding carboxylic acids is 1. The fourth-order valence-electron chi connectivity index (χ4n) is 3.85. The summed E-state index contributed by atoms with van der Waals surface area (Å²) in [6.07, 6.45) is 6.25. The summed E-state index contributed by atoms with van der Waals surface area (Å²) in [6.45, 7) is 10.2. The molecule has 0 aromatic carbocycles. The molecule has 7 heteroatoms. The summed E-state index contributed by atoms with van der Waals surface area (Å²) >= 11 is 0. The number of ether oxygens (including phenoxy) is 2. The van der Waals surface area contributed by atoms with Crippen LogP contribution in [0.15, 0.2) is 4.99 Å². The third-order valence-electron chi connectivity index (χ3n) is 5.09. The van der Waals surface area contributed by atoms with E-state index in [9.17, 15) is 4.79 Å². The van der Waals surface area contributed by atoms with E-state index < -0.39 is 5.60 Å². The fraction of sp³-hybridized carbons (Fsp3) is 0.895. The normalized spacial score (nSPS) is 21.9. The smallest absolute Gasteiger partial charge is 0.325 e. The Balaban J connectivity index is 1.88. The number of rotatable bonds is 5. The van der Waals surface area contributed by atoms with E-state index in [1.807, 2.05) is 20.8 Å². The fourth-order valence-corrected chi connectivity index (χ4v) is 3.85. The van der Waals surface area contributed by atoms with E-state index in [-0.39, 0.29) is 18.1 Å². The number of nitrogens with zero attached hydrogens (tertiary/aromatic N) is 2. The molecule has 2 aliphatic rings. The van der Waals surface area contributed by atoms with Crippen LogP contribution in [0.25, 0.3) is 0 Å². The Kier molecular flexibility index (Phi) is 7.70. The Morgan fingerprint density at radius 2 is 1.81 bits per heavy atom.